The Morgan fingerprint density at radius 1 is 1.15 bits per heavy atom. The second kappa shape index (κ2) is 8.68. The normalized spacial score (nSPS) is 21.8. The van der Waals surface area contributed by atoms with Crippen LogP contribution < -0.4 is 10.0 Å². The van der Waals surface area contributed by atoms with E-state index in [0.29, 0.717) is 12.1 Å². The van der Waals surface area contributed by atoms with Gasteiger partial charge in [0.2, 0.25) is 10.0 Å². The first-order valence-electron chi connectivity index (χ1n) is 9.26. The summed E-state index contributed by atoms with van der Waals surface area (Å²) in [5.74, 6) is -0.211. The number of hydrogen-bond acceptors (Lipinski definition) is 5. The van der Waals surface area contributed by atoms with Gasteiger partial charge in [0.05, 0.1) is 17.1 Å². The monoisotopic (exact) mass is 397 g/mol. The van der Waals surface area contributed by atoms with E-state index < -0.39 is 15.6 Å². The minimum absolute atomic E-state index is 0.144. The molecule has 1 amide bonds. The van der Waals surface area contributed by atoms with Gasteiger partial charge in [-0.15, -0.1) is 0 Å². The van der Waals surface area contributed by atoms with Crippen LogP contribution in [0.25, 0.3) is 0 Å². The molecule has 1 aromatic rings. The molecule has 1 saturated heterocycles. The van der Waals surface area contributed by atoms with Crippen molar-refractivity contribution in [3.63, 3.8) is 0 Å². The van der Waals surface area contributed by atoms with Crippen LogP contribution in [0.2, 0.25) is 0 Å². The molecule has 2 unspecified atom stereocenters. The molecule has 0 spiro atoms. The van der Waals surface area contributed by atoms with E-state index in [9.17, 15) is 13.2 Å². The van der Waals surface area contributed by atoms with Gasteiger partial charge in [0.1, 0.15) is 0 Å². The fourth-order valence-electron chi connectivity index (χ4n) is 3.14. The van der Waals surface area contributed by atoms with Crippen LogP contribution in [0, 0.1) is 0 Å². The zero-order valence-electron chi connectivity index (χ0n) is 16.8. The maximum atomic E-state index is 12.3. The molecule has 2 N–H and O–H groups in total. The van der Waals surface area contributed by atoms with Crippen LogP contribution in [0.3, 0.4) is 0 Å². The Bertz CT molecular complexity index is 731. The molecule has 0 radical (unpaired) electrons. The van der Waals surface area contributed by atoms with Crippen LogP contribution in [0.5, 0.6) is 0 Å². The predicted octanol–water partition coefficient (Wildman–Crippen LogP) is 1.60. The van der Waals surface area contributed by atoms with E-state index in [4.69, 9.17) is 4.74 Å². The van der Waals surface area contributed by atoms with Gasteiger partial charge in [0.25, 0.3) is 5.91 Å². The minimum Gasteiger partial charge on any atom is -0.373 e. The van der Waals surface area contributed by atoms with Crippen molar-refractivity contribution >= 4 is 15.9 Å². The summed E-state index contributed by atoms with van der Waals surface area (Å²) in [6.45, 7) is 12.4. The number of carbonyl (C=O) groups is 1. The maximum Gasteiger partial charge on any atom is 0.251 e. The standard InChI is InChI=1S/C19H31N3O4S/c1-14-12-22(13-15(2)26-14)11-10-20-18(23)16-6-8-17(9-7-16)27(24,25)21-19(3,4)5/h6-9,14-15,21H,10-13H2,1-5H3,(H,20,23). The van der Waals surface area contributed by atoms with Crippen LogP contribution in [0.4, 0.5) is 0 Å². The molecule has 1 heterocycles. The van der Waals surface area contributed by atoms with Crippen molar-refractivity contribution in [1.82, 2.24) is 14.9 Å². The summed E-state index contributed by atoms with van der Waals surface area (Å²) in [6.07, 6.45) is 0.390. The van der Waals surface area contributed by atoms with Crippen molar-refractivity contribution in [3.05, 3.63) is 29.8 Å². The Kier molecular flexibility index (Phi) is 7.02. The molecule has 0 aliphatic carbocycles. The summed E-state index contributed by atoms with van der Waals surface area (Å²) in [5.41, 5.74) is -0.128. The smallest absolute Gasteiger partial charge is 0.251 e. The average molecular weight is 398 g/mol. The molecule has 0 aromatic heterocycles. The third-order valence-corrected chi connectivity index (χ3v) is 5.85. The lowest BCUT2D eigenvalue weighted by Crippen LogP contribution is -2.47. The van der Waals surface area contributed by atoms with Gasteiger partial charge in [-0.2, -0.15) is 0 Å². The Balaban J connectivity index is 1.88. The van der Waals surface area contributed by atoms with Crippen molar-refractivity contribution in [2.75, 3.05) is 26.2 Å². The Hall–Kier alpha value is -1.48. The molecule has 1 aliphatic rings. The molecule has 0 bridgehead atoms. The molecule has 1 aromatic carbocycles. The number of nitrogens with one attached hydrogen (secondary N) is 2. The highest BCUT2D eigenvalue weighted by Crippen LogP contribution is 2.14. The van der Waals surface area contributed by atoms with Gasteiger partial charge in [-0.1, -0.05) is 0 Å². The number of carbonyl (C=O) groups excluding carboxylic acids is 1. The zero-order chi connectivity index (χ0) is 20.2. The first-order valence-corrected chi connectivity index (χ1v) is 10.7. The molecular weight excluding hydrogens is 366 g/mol. The van der Waals surface area contributed by atoms with Crippen molar-refractivity contribution in [3.8, 4) is 0 Å². The highest BCUT2D eigenvalue weighted by molar-refractivity contribution is 7.89. The maximum absolute atomic E-state index is 12.3. The first-order chi connectivity index (χ1) is 12.5. The Labute approximate surface area is 162 Å². The fraction of sp³-hybridized carbons (Fsp3) is 0.632. The van der Waals surface area contributed by atoms with Crippen LogP contribution in [-0.2, 0) is 14.8 Å². The number of benzene rings is 1. The van der Waals surface area contributed by atoms with E-state index in [1.807, 2.05) is 13.8 Å². The molecule has 2 atom stereocenters. The van der Waals surface area contributed by atoms with E-state index in [0.717, 1.165) is 19.6 Å². The van der Waals surface area contributed by atoms with Gasteiger partial charge in [0, 0.05) is 37.3 Å². The van der Waals surface area contributed by atoms with E-state index in [2.05, 4.69) is 14.9 Å². The van der Waals surface area contributed by atoms with Crippen LogP contribution in [0.15, 0.2) is 29.2 Å². The summed E-state index contributed by atoms with van der Waals surface area (Å²) < 4.78 is 32.9. The summed E-state index contributed by atoms with van der Waals surface area (Å²) in [7, 11) is -3.60. The average Bonchev–Trinajstić information content (AvgIpc) is 2.51. The van der Waals surface area contributed by atoms with Gasteiger partial charge < -0.3 is 10.1 Å². The highest BCUT2D eigenvalue weighted by atomic mass is 32.2. The largest absolute Gasteiger partial charge is 0.373 e. The van der Waals surface area contributed by atoms with Crippen LogP contribution in [-0.4, -0.2) is 63.2 Å². The number of amides is 1. The molecule has 27 heavy (non-hydrogen) atoms. The molecule has 1 fully saturated rings. The van der Waals surface area contributed by atoms with E-state index in [1.54, 1.807) is 20.8 Å². The Morgan fingerprint density at radius 3 is 2.22 bits per heavy atom. The number of ether oxygens (including phenoxy) is 1. The van der Waals surface area contributed by atoms with Gasteiger partial charge in [-0.25, -0.2) is 13.1 Å². The second-order valence-electron chi connectivity index (χ2n) is 8.15. The number of morpholine rings is 1. The number of sulfonamides is 1. The third-order valence-electron chi connectivity index (χ3n) is 4.08. The summed E-state index contributed by atoms with van der Waals surface area (Å²) >= 11 is 0. The van der Waals surface area contributed by atoms with Crippen molar-refractivity contribution in [2.45, 2.75) is 57.3 Å². The van der Waals surface area contributed by atoms with E-state index in [1.165, 1.54) is 24.3 Å². The summed E-state index contributed by atoms with van der Waals surface area (Å²) in [4.78, 5) is 14.7. The molecule has 8 heteroatoms. The lowest BCUT2D eigenvalue weighted by atomic mass is 10.1. The molecular formula is C19H31N3O4S. The molecule has 2 rings (SSSR count). The molecule has 0 saturated carbocycles. The van der Waals surface area contributed by atoms with Gasteiger partial charge in [0.15, 0.2) is 0 Å². The van der Waals surface area contributed by atoms with Crippen molar-refractivity contribution in [2.24, 2.45) is 0 Å². The van der Waals surface area contributed by atoms with Crippen LogP contribution >= 0.6 is 0 Å². The molecule has 152 valence electrons. The summed E-state index contributed by atoms with van der Waals surface area (Å²) in [5, 5.41) is 2.89. The quantitative estimate of drug-likeness (QED) is 0.761. The first kappa shape index (κ1) is 21.8. The van der Waals surface area contributed by atoms with E-state index in [-0.39, 0.29) is 23.0 Å². The Morgan fingerprint density at radius 2 is 1.70 bits per heavy atom. The molecule has 7 nitrogen and oxygen atoms in total. The minimum atomic E-state index is -3.60. The second-order valence-corrected chi connectivity index (χ2v) is 9.84. The molecule has 1 aliphatic heterocycles. The third kappa shape index (κ3) is 6.88. The van der Waals surface area contributed by atoms with Crippen LogP contribution in [0.1, 0.15) is 45.0 Å². The lowest BCUT2D eigenvalue weighted by molar-refractivity contribution is -0.0672. The lowest BCUT2D eigenvalue weighted by Gasteiger charge is -2.35. The topological polar surface area (TPSA) is 87.7 Å². The van der Waals surface area contributed by atoms with Crippen molar-refractivity contribution in [1.29, 1.82) is 0 Å². The van der Waals surface area contributed by atoms with Crippen molar-refractivity contribution < 1.29 is 17.9 Å². The predicted molar refractivity (Wildman–Crippen MR) is 105 cm³/mol. The van der Waals surface area contributed by atoms with Gasteiger partial charge >= 0.3 is 0 Å². The van der Waals surface area contributed by atoms with Gasteiger partial charge in [-0.3, -0.25) is 9.69 Å². The number of hydrogen-bond donors (Lipinski definition) is 2. The SMILES string of the molecule is CC1CN(CCNC(=O)c2ccc(S(=O)(=O)NC(C)(C)C)cc2)CC(C)O1. The summed E-state index contributed by atoms with van der Waals surface area (Å²) in [6, 6.07) is 5.97. The highest BCUT2D eigenvalue weighted by Gasteiger charge is 2.23. The zero-order valence-corrected chi connectivity index (χ0v) is 17.6. The van der Waals surface area contributed by atoms with E-state index >= 15 is 0 Å². The number of rotatable bonds is 6. The fourth-order valence-corrected chi connectivity index (χ4v) is 4.56. The number of nitrogens with zero attached hydrogens (tertiary/aromatic N) is 1. The van der Waals surface area contributed by atoms with Gasteiger partial charge in [-0.05, 0) is 58.9 Å².